The molecule has 0 bridgehead atoms. The molecule has 0 unspecified atom stereocenters. The second-order valence-corrected chi connectivity index (χ2v) is 5.55. The number of hydrogen-bond donors (Lipinski definition) is 1. The molecule has 0 saturated heterocycles. The molecule has 6 nitrogen and oxygen atoms in total. The van der Waals surface area contributed by atoms with Crippen LogP contribution in [0.25, 0.3) is 0 Å². The average molecular weight is 385 g/mol. The van der Waals surface area contributed by atoms with E-state index in [0.29, 0.717) is 21.8 Å². The van der Waals surface area contributed by atoms with Crippen LogP contribution >= 0.6 is 22.6 Å². The first kappa shape index (κ1) is 14.9. The fourth-order valence-corrected chi connectivity index (χ4v) is 2.28. The summed E-state index contributed by atoms with van der Waals surface area (Å²) in [5.74, 6) is 2.04. The van der Waals surface area contributed by atoms with E-state index in [1.54, 1.807) is 17.7 Å². The number of anilines is 1. The monoisotopic (exact) mass is 385 g/mol. The number of nitrogens with one attached hydrogen (secondary N) is 1. The second kappa shape index (κ2) is 6.29. The smallest absolute Gasteiger partial charge is 0.267 e. The summed E-state index contributed by atoms with van der Waals surface area (Å²) in [5.41, 5.74) is 0.809. The minimum absolute atomic E-state index is 0.0618. The van der Waals surface area contributed by atoms with Crippen molar-refractivity contribution in [3.63, 3.8) is 0 Å². The van der Waals surface area contributed by atoms with Gasteiger partial charge in [-0.25, -0.2) is 15.0 Å². The van der Waals surface area contributed by atoms with Crippen molar-refractivity contribution in [1.29, 1.82) is 0 Å². The van der Waals surface area contributed by atoms with Gasteiger partial charge in [0.2, 0.25) is 0 Å². The van der Waals surface area contributed by atoms with E-state index in [0.717, 1.165) is 18.1 Å². The first-order chi connectivity index (χ1) is 9.51. The van der Waals surface area contributed by atoms with Gasteiger partial charge in [-0.1, -0.05) is 0 Å². The van der Waals surface area contributed by atoms with Gasteiger partial charge in [0.15, 0.2) is 5.82 Å². The van der Waals surface area contributed by atoms with Crippen molar-refractivity contribution >= 4 is 28.4 Å². The van der Waals surface area contributed by atoms with Crippen LogP contribution in [0.15, 0.2) is 17.1 Å². The van der Waals surface area contributed by atoms with Gasteiger partial charge in [-0.2, -0.15) is 0 Å². The zero-order chi connectivity index (χ0) is 14.7. The van der Waals surface area contributed by atoms with Crippen molar-refractivity contribution in [3.05, 3.63) is 43.5 Å². The lowest BCUT2D eigenvalue weighted by Crippen LogP contribution is -2.27. The lowest BCUT2D eigenvalue weighted by molar-refractivity contribution is 0.662. The Kier molecular flexibility index (Phi) is 4.69. The number of halogens is 1. The van der Waals surface area contributed by atoms with E-state index in [-0.39, 0.29) is 5.56 Å². The molecule has 1 N–H and O–H groups in total. The highest BCUT2D eigenvalue weighted by Crippen LogP contribution is 2.07. The summed E-state index contributed by atoms with van der Waals surface area (Å²) in [5, 5.41) is 3.16. The van der Waals surface area contributed by atoms with Crippen LogP contribution in [0, 0.1) is 17.4 Å². The molecule has 2 aromatic rings. The zero-order valence-corrected chi connectivity index (χ0v) is 13.8. The van der Waals surface area contributed by atoms with Crippen LogP contribution in [0.2, 0.25) is 0 Å². The molecule has 106 valence electrons. The van der Waals surface area contributed by atoms with Gasteiger partial charge >= 0.3 is 0 Å². The number of aryl methyl sites for hydroxylation is 2. The molecule has 0 aliphatic heterocycles. The van der Waals surface area contributed by atoms with E-state index in [1.165, 1.54) is 0 Å². The normalized spacial score (nSPS) is 10.6. The van der Waals surface area contributed by atoms with Gasteiger partial charge in [-0.05, 0) is 43.4 Å². The lowest BCUT2D eigenvalue weighted by atomic mass is 10.4. The zero-order valence-electron chi connectivity index (χ0n) is 11.6. The first-order valence-electron chi connectivity index (χ1n) is 6.31. The summed E-state index contributed by atoms with van der Waals surface area (Å²) in [7, 11) is 0. The van der Waals surface area contributed by atoms with Gasteiger partial charge in [0, 0.05) is 24.5 Å². The number of hydrogen-bond acceptors (Lipinski definition) is 5. The Bertz CT molecular complexity index is 683. The van der Waals surface area contributed by atoms with E-state index in [2.05, 4.69) is 20.3 Å². The van der Waals surface area contributed by atoms with Crippen LogP contribution in [0.5, 0.6) is 0 Å². The number of rotatable bonds is 4. The maximum Gasteiger partial charge on any atom is 0.267 e. The van der Waals surface area contributed by atoms with E-state index in [9.17, 15) is 4.79 Å². The Morgan fingerprint density at radius 1 is 1.35 bits per heavy atom. The summed E-state index contributed by atoms with van der Waals surface area (Å²) < 4.78 is 2.18. The molecule has 0 aliphatic rings. The van der Waals surface area contributed by atoms with Crippen molar-refractivity contribution in [1.82, 2.24) is 19.5 Å². The van der Waals surface area contributed by atoms with Gasteiger partial charge in [0.25, 0.3) is 5.56 Å². The third kappa shape index (κ3) is 3.33. The third-order valence-electron chi connectivity index (χ3n) is 2.76. The molecule has 0 radical (unpaired) electrons. The minimum Gasteiger partial charge on any atom is -0.370 e. The highest BCUT2D eigenvalue weighted by molar-refractivity contribution is 14.1. The summed E-state index contributed by atoms with van der Waals surface area (Å²) in [6, 6.07) is 1.88. The van der Waals surface area contributed by atoms with Crippen LogP contribution in [0.3, 0.4) is 0 Å². The topological polar surface area (TPSA) is 72.7 Å². The average Bonchev–Trinajstić information content (AvgIpc) is 2.39. The second-order valence-electron chi connectivity index (χ2n) is 4.39. The van der Waals surface area contributed by atoms with Gasteiger partial charge < -0.3 is 5.32 Å². The molecule has 0 atom stereocenters. The minimum atomic E-state index is -0.0618. The Morgan fingerprint density at radius 2 is 2.10 bits per heavy atom. The summed E-state index contributed by atoms with van der Waals surface area (Å²) in [6.07, 6.45) is 1.58. The fourth-order valence-electron chi connectivity index (χ4n) is 1.85. The highest BCUT2D eigenvalue weighted by atomic mass is 127. The molecular weight excluding hydrogens is 369 g/mol. The quantitative estimate of drug-likeness (QED) is 0.812. The number of nitrogens with zero attached hydrogens (tertiary/aromatic N) is 4. The maximum absolute atomic E-state index is 12.1. The van der Waals surface area contributed by atoms with Crippen molar-refractivity contribution in [3.8, 4) is 0 Å². The van der Waals surface area contributed by atoms with E-state index in [4.69, 9.17) is 0 Å². The Hall–Kier alpha value is -1.51. The van der Waals surface area contributed by atoms with Crippen LogP contribution in [0.4, 0.5) is 5.82 Å². The largest absolute Gasteiger partial charge is 0.370 e. The molecule has 0 saturated carbocycles. The van der Waals surface area contributed by atoms with Crippen molar-refractivity contribution in [2.75, 3.05) is 11.9 Å². The van der Waals surface area contributed by atoms with E-state index < -0.39 is 0 Å². The molecule has 0 fully saturated rings. The van der Waals surface area contributed by atoms with Crippen LogP contribution in [-0.4, -0.2) is 26.1 Å². The van der Waals surface area contributed by atoms with Crippen LogP contribution < -0.4 is 10.9 Å². The molecule has 0 aliphatic carbocycles. The van der Waals surface area contributed by atoms with Gasteiger partial charge in [0.05, 0.1) is 10.1 Å². The Balaban J connectivity index is 2.40. The van der Waals surface area contributed by atoms with Crippen LogP contribution in [0.1, 0.15) is 24.3 Å². The van der Waals surface area contributed by atoms with Gasteiger partial charge in [-0.3, -0.25) is 9.36 Å². The van der Waals surface area contributed by atoms with Crippen molar-refractivity contribution in [2.45, 2.75) is 27.3 Å². The van der Waals surface area contributed by atoms with Crippen molar-refractivity contribution in [2.24, 2.45) is 0 Å². The molecule has 7 heteroatoms. The molecule has 2 aromatic heterocycles. The maximum atomic E-state index is 12.1. The van der Waals surface area contributed by atoms with Crippen molar-refractivity contribution < 1.29 is 0 Å². The van der Waals surface area contributed by atoms with E-state index in [1.807, 2.05) is 42.5 Å². The first-order valence-corrected chi connectivity index (χ1v) is 7.39. The summed E-state index contributed by atoms with van der Waals surface area (Å²) in [4.78, 5) is 25.1. The van der Waals surface area contributed by atoms with Gasteiger partial charge in [-0.15, -0.1) is 0 Å². The van der Waals surface area contributed by atoms with Crippen LogP contribution in [-0.2, 0) is 6.54 Å². The molecule has 2 rings (SSSR count). The summed E-state index contributed by atoms with van der Waals surface area (Å²) in [6.45, 7) is 6.84. The molecule has 0 aromatic carbocycles. The molecule has 2 heterocycles. The SMILES string of the molecule is CCNc1cc(C)nc(Cn2c(C)ncc(I)c2=O)n1. The molecular formula is C13H16IN5O. The van der Waals surface area contributed by atoms with Gasteiger partial charge in [0.1, 0.15) is 11.6 Å². The lowest BCUT2D eigenvalue weighted by Gasteiger charge is -2.10. The Labute approximate surface area is 130 Å². The number of aromatic nitrogens is 4. The standard InChI is InChI=1S/C13H16IN5O/c1-4-15-11-5-8(2)17-12(18-11)7-19-9(3)16-6-10(14)13(19)20/h5-6H,4,7H2,1-3H3,(H,15,17,18). The highest BCUT2D eigenvalue weighted by Gasteiger charge is 2.09. The summed E-state index contributed by atoms with van der Waals surface area (Å²) >= 11 is 1.99. The molecule has 20 heavy (non-hydrogen) atoms. The van der Waals surface area contributed by atoms with E-state index >= 15 is 0 Å². The molecule has 0 amide bonds. The predicted molar refractivity (Wildman–Crippen MR) is 86.0 cm³/mol. The fraction of sp³-hybridized carbons (Fsp3) is 0.385. The predicted octanol–water partition coefficient (Wildman–Crippen LogP) is 1.73. The Morgan fingerprint density at radius 3 is 2.80 bits per heavy atom. The molecule has 0 spiro atoms. The third-order valence-corrected chi connectivity index (χ3v) is 3.50.